The number of nitrogens with zero attached hydrogens (tertiary/aromatic N) is 3. The van der Waals surface area contributed by atoms with E-state index in [0.717, 1.165) is 50.8 Å². The van der Waals surface area contributed by atoms with Crippen molar-refractivity contribution in [1.29, 1.82) is 0 Å². The molecule has 1 unspecified atom stereocenters. The van der Waals surface area contributed by atoms with E-state index in [2.05, 4.69) is 52.4 Å². The minimum absolute atomic E-state index is 0.0149. The van der Waals surface area contributed by atoms with Gasteiger partial charge in [0.05, 0.1) is 0 Å². The first-order valence-electron chi connectivity index (χ1n) is 9.67. The maximum absolute atomic E-state index is 12.6. The van der Waals surface area contributed by atoms with Crippen molar-refractivity contribution < 1.29 is 4.79 Å². The van der Waals surface area contributed by atoms with E-state index in [0.29, 0.717) is 11.7 Å². The topological polar surface area (TPSA) is 50.2 Å². The van der Waals surface area contributed by atoms with E-state index in [1.54, 1.807) is 19.0 Å². The molecular weight excluding hydrogens is 324 g/mol. The van der Waals surface area contributed by atoms with Crippen LogP contribution >= 0.6 is 0 Å². The Hall–Kier alpha value is -2.14. The molecule has 1 aliphatic rings. The van der Waals surface area contributed by atoms with Crippen LogP contribution in [0, 0.1) is 0 Å². The Morgan fingerprint density at radius 2 is 2.08 bits per heavy atom. The van der Waals surface area contributed by atoms with E-state index in [1.807, 2.05) is 0 Å². The van der Waals surface area contributed by atoms with Gasteiger partial charge in [-0.3, -0.25) is 9.48 Å². The van der Waals surface area contributed by atoms with Crippen LogP contribution in [0.15, 0.2) is 30.3 Å². The van der Waals surface area contributed by atoms with Crippen molar-refractivity contribution >= 4 is 5.91 Å². The second-order valence-electron chi connectivity index (χ2n) is 7.33. The molecule has 26 heavy (non-hydrogen) atoms. The number of carbonyl (C=O) groups is 1. The maximum Gasteiger partial charge on any atom is 0.274 e. The SMILES string of the molecule is CCCn1nc(C(=O)N(C)C)c2c1CCC(NCCc1ccccc1)C2. The lowest BCUT2D eigenvalue weighted by molar-refractivity contribution is 0.0819. The standard InChI is InChI=1S/C21H30N4O/c1-4-14-25-19-11-10-17(22-13-12-16-8-6-5-7-9-16)15-18(19)20(23-25)21(26)24(2)3/h5-9,17,22H,4,10-15H2,1-3H3. The van der Waals surface area contributed by atoms with Crippen molar-refractivity contribution in [1.82, 2.24) is 20.0 Å². The molecule has 0 radical (unpaired) electrons. The number of hydrogen-bond donors (Lipinski definition) is 1. The van der Waals surface area contributed by atoms with Crippen molar-refractivity contribution in [3.63, 3.8) is 0 Å². The summed E-state index contributed by atoms with van der Waals surface area (Å²) in [7, 11) is 3.60. The number of carbonyl (C=O) groups excluding carboxylic acids is 1. The maximum atomic E-state index is 12.6. The van der Waals surface area contributed by atoms with Crippen molar-refractivity contribution in [2.45, 2.75) is 51.6 Å². The van der Waals surface area contributed by atoms with Crippen LogP contribution in [-0.2, 0) is 25.8 Å². The second kappa shape index (κ2) is 8.49. The number of aromatic nitrogens is 2. The number of benzene rings is 1. The smallest absolute Gasteiger partial charge is 0.274 e. The molecule has 0 spiro atoms. The molecule has 0 fully saturated rings. The average Bonchev–Trinajstić information content (AvgIpc) is 3.00. The zero-order valence-electron chi connectivity index (χ0n) is 16.2. The largest absolute Gasteiger partial charge is 0.343 e. The van der Waals surface area contributed by atoms with Crippen LogP contribution < -0.4 is 5.32 Å². The Labute approximate surface area is 156 Å². The molecule has 5 nitrogen and oxygen atoms in total. The van der Waals surface area contributed by atoms with Gasteiger partial charge < -0.3 is 10.2 Å². The van der Waals surface area contributed by atoms with Gasteiger partial charge in [0, 0.05) is 37.9 Å². The van der Waals surface area contributed by atoms with Crippen LogP contribution in [0.3, 0.4) is 0 Å². The lowest BCUT2D eigenvalue weighted by Gasteiger charge is -2.25. The molecule has 1 heterocycles. The normalized spacial score (nSPS) is 16.3. The van der Waals surface area contributed by atoms with E-state index >= 15 is 0 Å². The van der Waals surface area contributed by atoms with Crippen LogP contribution in [0.2, 0.25) is 0 Å². The van der Waals surface area contributed by atoms with Gasteiger partial charge in [0.2, 0.25) is 0 Å². The monoisotopic (exact) mass is 354 g/mol. The zero-order chi connectivity index (χ0) is 18.5. The molecule has 140 valence electrons. The molecule has 1 atom stereocenters. The van der Waals surface area contributed by atoms with Crippen molar-refractivity contribution in [3.8, 4) is 0 Å². The van der Waals surface area contributed by atoms with E-state index in [4.69, 9.17) is 0 Å². The van der Waals surface area contributed by atoms with Crippen LogP contribution in [-0.4, -0.2) is 47.3 Å². The molecule has 1 aromatic heterocycles. The molecular formula is C21H30N4O. The molecule has 1 aliphatic carbocycles. The number of fused-ring (bicyclic) bond motifs is 1. The Balaban J connectivity index is 1.69. The molecule has 0 aliphatic heterocycles. The third-order valence-electron chi connectivity index (χ3n) is 5.08. The number of amides is 1. The first kappa shape index (κ1) is 18.6. The van der Waals surface area contributed by atoms with E-state index in [9.17, 15) is 4.79 Å². The van der Waals surface area contributed by atoms with Gasteiger partial charge in [0.1, 0.15) is 0 Å². The van der Waals surface area contributed by atoms with Gasteiger partial charge in [0.15, 0.2) is 5.69 Å². The first-order chi connectivity index (χ1) is 12.6. The summed E-state index contributed by atoms with van der Waals surface area (Å²) in [5.41, 5.74) is 4.42. The molecule has 3 rings (SSSR count). The van der Waals surface area contributed by atoms with Crippen LogP contribution in [0.5, 0.6) is 0 Å². The zero-order valence-corrected chi connectivity index (χ0v) is 16.2. The molecule has 1 amide bonds. The summed E-state index contributed by atoms with van der Waals surface area (Å²) in [5, 5.41) is 8.35. The van der Waals surface area contributed by atoms with E-state index in [1.165, 1.54) is 11.3 Å². The van der Waals surface area contributed by atoms with Gasteiger partial charge in [-0.2, -0.15) is 5.10 Å². The highest BCUT2D eigenvalue weighted by Crippen LogP contribution is 2.26. The Morgan fingerprint density at radius 1 is 1.31 bits per heavy atom. The fourth-order valence-corrected chi connectivity index (χ4v) is 3.71. The van der Waals surface area contributed by atoms with Gasteiger partial charge in [-0.25, -0.2) is 0 Å². The number of aryl methyl sites for hydroxylation is 1. The fraction of sp³-hybridized carbons (Fsp3) is 0.524. The highest BCUT2D eigenvalue weighted by molar-refractivity contribution is 5.93. The third-order valence-corrected chi connectivity index (χ3v) is 5.08. The van der Waals surface area contributed by atoms with Gasteiger partial charge in [-0.15, -0.1) is 0 Å². The van der Waals surface area contributed by atoms with Gasteiger partial charge in [-0.1, -0.05) is 37.3 Å². The highest BCUT2D eigenvalue weighted by atomic mass is 16.2. The van der Waals surface area contributed by atoms with Crippen molar-refractivity contribution in [2.75, 3.05) is 20.6 Å². The third kappa shape index (κ3) is 4.15. The number of rotatable bonds is 7. The lowest BCUT2D eigenvalue weighted by Crippen LogP contribution is -2.36. The Kier molecular flexibility index (Phi) is 6.09. The molecule has 0 bridgehead atoms. The molecule has 1 aromatic carbocycles. The molecule has 1 N–H and O–H groups in total. The summed E-state index contributed by atoms with van der Waals surface area (Å²) >= 11 is 0. The van der Waals surface area contributed by atoms with Gasteiger partial charge in [0.25, 0.3) is 5.91 Å². The summed E-state index contributed by atoms with van der Waals surface area (Å²) in [6.07, 6.45) is 5.05. The predicted molar refractivity (Wildman–Crippen MR) is 104 cm³/mol. The lowest BCUT2D eigenvalue weighted by atomic mass is 9.91. The highest BCUT2D eigenvalue weighted by Gasteiger charge is 2.29. The summed E-state index contributed by atoms with van der Waals surface area (Å²) in [6.45, 7) is 4.00. The Morgan fingerprint density at radius 3 is 2.77 bits per heavy atom. The molecule has 0 saturated heterocycles. The van der Waals surface area contributed by atoms with Crippen molar-refractivity contribution in [2.24, 2.45) is 0 Å². The average molecular weight is 354 g/mol. The summed E-state index contributed by atoms with van der Waals surface area (Å²) in [4.78, 5) is 14.2. The fourth-order valence-electron chi connectivity index (χ4n) is 3.71. The summed E-state index contributed by atoms with van der Waals surface area (Å²) < 4.78 is 2.06. The van der Waals surface area contributed by atoms with Crippen molar-refractivity contribution in [3.05, 3.63) is 52.8 Å². The van der Waals surface area contributed by atoms with Crippen LogP contribution in [0.1, 0.15) is 47.1 Å². The first-order valence-corrected chi connectivity index (χ1v) is 9.67. The van der Waals surface area contributed by atoms with Crippen LogP contribution in [0.4, 0.5) is 0 Å². The van der Waals surface area contributed by atoms with Crippen LogP contribution in [0.25, 0.3) is 0 Å². The number of nitrogens with one attached hydrogen (secondary N) is 1. The molecule has 2 aromatic rings. The summed E-state index contributed by atoms with van der Waals surface area (Å²) in [6, 6.07) is 11.0. The van der Waals surface area contributed by atoms with E-state index < -0.39 is 0 Å². The van der Waals surface area contributed by atoms with E-state index in [-0.39, 0.29) is 5.91 Å². The second-order valence-corrected chi connectivity index (χ2v) is 7.33. The minimum Gasteiger partial charge on any atom is -0.343 e. The quantitative estimate of drug-likeness (QED) is 0.832. The van der Waals surface area contributed by atoms with Gasteiger partial charge >= 0.3 is 0 Å². The Bertz CT molecular complexity index is 736. The minimum atomic E-state index is 0.0149. The number of hydrogen-bond acceptors (Lipinski definition) is 3. The summed E-state index contributed by atoms with van der Waals surface area (Å²) in [5.74, 6) is 0.0149. The molecule has 0 saturated carbocycles. The predicted octanol–water partition coefficient (Wildman–Crippen LogP) is 2.68. The van der Waals surface area contributed by atoms with Gasteiger partial charge in [-0.05, 0) is 44.2 Å². The molecule has 5 heteroatoms.